The monoisotopic (exact) mass is 217 g/mol. The summed E-state index contributed by atoms with van der Waals surface area (Å²) in [7, 11) is 0. The van der Waals surface area contributed by atoms with Crippen molar-refractivity contribution >= 4 is 5.91 Å². The molecule has 0 unspecified atom stereocenters. The van der Waals surface area contributed by atoms with Gasteiger partial charge in [0.05, 0.1) is 12.2 Å². The van der Waals surface area contributed by atoms with Gasteiger partial charge < -0.3 is 9.73 Å². The van der Waals surface area contributed by atoms with Crippen LogP contribution in [0.5, 0.6) is 0 Å². The molecule has 5 nitrogen and oxygen atoms in total. The van der Waals surface area contributed by atoms with Gasteiger partial charge in [-0.3, -0.25) is 9.78 Å². The highest BCUT2D eigenvalue weighted by atomic mass is 16.3. The highest BCUT2D eigenvalue weighted by Crippen LogP contribution is 2.00. The summed E-state index contributed by atoms with van der Waals surface area (Å²) in [5.74, 6) is -0.267. The lowest BCUT2D eigenvalue weighted by Crippen LogP contribution is -2.23. The van der Waals surface area contributed by atoms with Crippen LogP contribution in [-0.4, -0.2) is 15.9 Å². The predicted molar refractivity (Wildman–Crippen MR) is 56.6 cm³/mol. The molecule has 0 fully saturated rings. The van der Waals surface area contributed by atoms with Gasteiger partial charge >= 0.3 is 0 Å². The lowest BCUT2D eigenvalue weighted by Gasteiger charge is -2.02. The molecule has 0 spiro atoms. The molecular formula is C11H11N3O2. The van der Waals surface area contributed by atoms with Gasteiger partial charge in [-0.15, -0.1) is 0 Å². The van der Waals surface area contributed by atoms with Crippen LogP contribution in [-0.2, 0) is 6.54 Å². The minimum absolute atomic E-state index is 0.267. The van der Waals surface area contributed by atoms with Crippen LogP contribution in [0.25, 0.3) is 0 Å². The second kappa shape index (κ2) is 4.57. The van der Waals surface area contributed by atoms with Crippen LogP contribution in [0.2, 0.25) is 0 Å². The van der Waals surface area contributed by atoms with Crippen molar-refractivity contribution in [2.45, 2.75) is 13.5 Å². The smallest absolute Gasteiger partial charge is 0.273 e. The molecule has 2 heterocycles. The van der Waals surface area contributed by atoms with Crippen molar-refractivity contribution in [3.8, 4) is 0 Å². The SMILES string of the molecule is Cc1ccnc(CNC(=O)c2cocn2)c1. The molecule has 1 amide bonds. The number of oxazole rings is 1. The van der Waals surface area contributed by atoms with Crippen LogP contribution >= 0.6 is 0 Å². The fraction of sp³-hybridized carbons (Fsp3) is 0.182. The van der Waals surface area contributed by atoms with Crippen molar-refractivity contribution in [2.75, 3.05) is 0 Å². The molecule has 0 saturated carbocycles. The van der Waals surface area contributed by atoms with E-state index >= 15 is 0 Å². The molecule has 0 aliphatic carbocycles. The number of pyridine rings is 1. The Bertz CT molecular complexity index is 480. The first-order chi connectivity index (χ1) is 7.75. The third kappa shape index (κ3) is 2.44. The Morgan fingerprint density at radius 2 is 2.38 bits per heavy atom. The number of hydrogen-bond acceptors (Lipinski definition) is 4. The number of aryl methyl sites for hydroxylation is 1. The Morgan fingerprint density at radius 1 is 1.50 bits per heavy atom. The lowest BCUT2D eigenvalue weighted by atomic mass is 10.2. The van der Waals surface area contributed by atoms with Crippen molar-refractivity contribution in [1.82, 2.24) is 15.3 Å². The Balaban J connectivity index is 1.95. The third-order valence-electron chi connectivity index (χ3n) is 2.07. The molecular weight excluding hydrogens is 206 g/mol. The first-order valence-corrected chi connectivity index (χ1v) is 4.83. The number of hydrogen-bond donors (Lipinski definition) is 1. The van der Waals surface area contributed by atoms with E-state index in [2.05, 4.69) is 15.3 Å². The lowest BCUT2D eigenvalue weighted by molar-refractivity contribution is 0.0945. The predicted octanol–water partition coefficient (Wildman–Crippen LogP) is 1.31. The third-order valence-corrected chi connectivity index (χ3v) is 2.07. The van der Waals surface area contributed by atoms with Crippen LogP contribution in [0.3, 0.4) is 0 Å². The van der Waals surface area contributed by atoms with Crippen LogP contribution in [0.1, 0.15) is 21.7 Å². The van der Waals surface area contributed by atoms with Gasteiger partial charge in [0, 0.05) is 6.20 Å². The maximum absolute atomic E-state index is 11.5. The molecule has 0 aromatic carbocycles. The summed E-state index contributed by atoms with van der Waals surface area (Å²) < 4.78 is 4.72. The van der Waals surface area contributed by atoms with Gasteiger partial charge in [0.2, 0.25) is 0 Å². The van der Waals surface area contributed by atoms with E-state index in [4.69, 9.17) is 4.42 Å². The van der Waals surface area contributed by atoms with Crippen molar-refractivity contribution in [3.63, 3.8) is 0 Å². The fourth-order valence-corrected chi connectivity index (χ4v) is 1.28. The minimum Gasteiger partial charge on any atom is -0.451 e. The molecule has 0 aliphatic rings. The van der Waals surface area contributed by atoms with Crippen molar-refractivity contribution < 1.29 is 9.21 Å². The van der Waals surface area contributed by atoms with Crippen molar-refractivity contribution in [2.24, 2.45) is 0 Å². The van der Waals surface area contributed by atoms with E-state index in [1.165, 1.54) is 12.7 Å². The summed E-state index contributed by atoms with van der Waals surface area (Å²) in [6, 6.07) is 3.83. The summed E-state index contributed by atoms with van der Waals surface area (Å²) >= 11 is 0. The van der Waals surface area contributed by atoms with Gasteiger partial charge in [-0.05, 0) is 24.6 Å². The molecule has 16 heavy (non-hydrogen) atoms. The molecule has 0 saturated heterocycles. The fourth-order valence-electron chi connectivity index (χ4n) is 1.28. The van der Waals surface area contributed by atoms with Crippen LogP contribution in [0, 0.1) is 6.92 Å². The zero-order valence-corrected chi connectivity index (χ0v) is 8.80. The normalized spacial score (nSPS) is 10.1. The second-order valence-corrected chi connectivity index (χ2v) is 3.38. The number of carbonyl (C=O) groups excluding carboxylic acids is 1. The summed E-state index contributed by atoms with van der Waals surface area (Å²) in [5, 5.41) is 2.70. The highest BCUT2D eigenvalue weighted by Gasteiger charge is 2.07. The molecule has 82 valence electrons. The summed E-state index contributed by atoms with van der Waals surface area (Å²) in [6.45, 7) is 2.36. The Morgan fingerprint density at radius 3 is 3.06 bits per heavy atom. The summed E-state index contributed by atoms with van der Waals surface area (Å²) in [5.41, 5.74) is 2.20. The van der Waals surface area contributed by atoms with Gasteiger partial charge in [0.15, 0.2) is 12.1 Å². The minimum atomic E-state index is -0.267. The number of aromatic nitrogens is 2. The molecule has 0 radical (unpaired) electrons. The van der Waals surface area contributed by atoms with E-state index in [1.807, 2.05) is 19.1 Å². The van der Waals surface area contributed by atoms with E-state index < -0.39 is 0 Å². The number of rotatable bonds is 3. The van der Waals surface area contributed by atoms with Gasteiger partial charge in [-0.1, -0.05) is 0 Å². The van der Waals surface area contributed by atoms with Crippen molar-refractivity contribution in [3.05, 3.63) is 47.9 Å². The standard InChI is InChI=1S/C11H11N3O2/c1-8-2-3-12-9(4-8)5-13-11(15)10-6-16-7-14-10/h2-4,6-7H,5H2,1H3,(H,13,15). The average Bonchev–Trinajstić information content (AvgIpc) is 2.79. The average molecular weight is 217 g/mol. The molecule has 2 aromatic heterocycles. The Labute approximate surface area is 92.5 Å². The van der Waals surface area contributed by atoms with Gasteiger partial charge in [0.1, 0.15) is 6.26 Å². The molecule has 1 N–H and O–H groups in total. The largest absolute Gasteiger partial charge is 0.451 e. The number of nitrogens with one attached hydrogen (secondary N) is 1. The summed E-state index contributed by atoms with van der Waals surface area (Å²) in [4.78, 5) is 19.4. The number of nitrogens with zero attached hydrogens (tertiary/aromatic N) is 2. The van der Waals surface area contributed by atoms with E-state index in [-0.39, 0.29) is 11.6 Å². The zero-order valence-electron chi connectivity index (χ0n) is 8.80. The maximum atomic E-state index is 11.5. The molecule has 2 rings (SSSR count). The van der Waals surface area contributed by atoms with Gasteiger partial charge in [0.25, 0.3) is 5.91 Å². The van der Waals surface area contributed by atoms with E-state index in [9.17, 15) is 4.79 Å². The molecule has 2 aromatic rings. The van der Waals surface area contributed by atoms with Crippen LogP contribution in [0.15, 0.2) is 35.4 Å². The molecule has 0 atom stereocenters. The Hall–Kier alpha value is -2.17. The number of amides is 1. The first-order valence-electron chi connectivity index (χ1n) is 4.83. The van der Waals surface area contributed by atoms with E-state index in [0.29, 0.717) is 6.54 Å². The molecule has 0 aliphatic heterocycles. The Kier molecular flexibility index (Phi) is 2.95. The summed E-state index contributed by atoms with van der Waals surface area (Å²) in [6.07, 6.45) is 4.24. The quantitative estimate of drug-likeness (QED) is 0.841. The van der Waals surface area contributed by atoms with E-state index in [0.717, 1.165) is 11.3 Å². The second-order valence-electron chi connectivity index (χ2n) is 3.38. The van der Waals surface area contributed by atoms with Crippen LogP contribution < -0.4 is 5.32 Å². The van der Waals surface area contributed by atoms with Gasteiger partial charge in [-0.2, -0.15) is 0 Å². The molecule has 0 bridgehead atoms. The first kappa shape index (κ1) is 10.4. The van der Waals surface area contributed by atoms with Crippen molar-refractivity contribution in [1.29, 1.82) is 0 Å². The zero-order chi connectivity index (χ0) is 11.4. The topological polar surface area (TPSA) is 68.0 Å². The van der Waals surface area contributed by atoms with Crippen LogP contribution in [0.4, 0.5) is 0 Å². The molecule has 5 heteroatoms. The maximum Gasteiger partial charge on any atom is 0.273 e. The highest BCUT2D eigenvalue weighted by molar-refractivity contribution is 5.91. The van der Waals surface area contributed by atoms with E-state index in [1.54, 1.807) is 6.20 Å². The number of carbonyl (C=O) groups is 1. The van der Waals surface area contributed by atoms with Gasteiger partial charge in [-0.25, -0.2) is 4.98 Å².